The number of anilines is 1. The molecule has 5 nitrogen and oxygen atoms in total. The SMILES string of the molecule is N/C(=N/O)c1c(F)cccc1NC(=O)c1ccsc1. The smallest absolute Gasteiger partial charge is 0.256 e. The lowest BCUT2D eigenvalue weighted by atomic mass is 10.1. The van der Waals surface area contributed by atoms with E-state index in [9.17, 15) is 9.18 Å². The molecule has 1 aromatic carbocycles. The zero-order valence-electron chi connectivity index (χ0n) is 9.63. The van der Waals surface area contributed by atoms with E-state index in [0.717, 1.165) is 6.07 Å². The molecule has 1 aromatic heterocycles. The molecule has 0 aliphatic carbocycles. The minimum Gasteiger partial charge on any atom is -0.409 e. The van der Waals surface area contributed by atoms with Crippen molar-refractivity contribution >= 4 is 28.8 Å². The number of amidine groups is 1. The van der Waals surface area contributed by atoms with Crippen molar-refractivity contribution < 1.29 is 14.4 Å². The fourth-order valence-electron chi connectivity index (χ4n) is 1.53. The molecule has 98 valence electrons. The van der Waals surface area contributed by atoms with Crippen molar-refractivity contribution in [3.8, 4) is 0 Å². The highest BCUT2D eigenvalue weighted by molar-refractivity contribution is 7.08. The molecular formula is C12H10FN3O2S. The van der Waals surface area contributed by atoms with Crippen molar-refractivity contribution in [2.24, 2.45) is 10.9 Å². The number of rotatable bonds is 3. The van der Waals surface area contributed by atoms with Gasteiger partial charge in [0.2, 0.25) is 0 Å². The summed E-state index contributed by atoms with van der Waals surface area (Å²) in [5, 5.41) is 17.3. The second kappa shape index (κ2) is 5.49. The quantitative estimate of drug-likeness (QED) is 0.348. The van der Waals surface area contributed by atoms with Gasteiger partial charge in [0.1, 0.15) is 5.82 Å². The molecule has 0 aliphatic heterocycles. The monoisotopic (exact) mass is 279 g/mol. The molecule has 0 fully saturated rings. The van der Waals surface area contributed by atoms with Crippen LogP contribution in [0.15, 0.2) is 40.2 Å². The van der Waals surface area contributed by atoms with Crippen LogP contribution in [-0.4, -0.2) is 17.0 Å². The Hall–Kier alpha value is -2.41. The number of oxime groups is 1. The van der Waals surface area contributed by atoms with Gasteiger partial charge in [0, 0.05) is 5.38 Å². The van der Waals surface area contributed by atoms with Crippen LogP contribution in [0, 0.1) is 5.82 Å². The second-order valence-electron chi connectivity index (χ2n) is 3.61. The maximum Gasteiger partial charge on any atom is 0.256 e. The van der Waals surface area contributed by atoms with Crippen molar-refractivity contribution in [1.82, 2.24) is 0 Å². The van der Waals surface area contributed by atoms with E-state index in [4.69, 9.17) is 10.9 Å². The molecule has 19 heavy (non-hydrogen) atoms. The average molecular weight is 279 g/mol. The van der Waals surface area contributed by atoms with Gasteiger partial charge in [-0.25, -0.2) is 4.39 Å². The van der Waals surface area contributed by atoms with Crippen LogP contribution >= 0.6 is 11.3 Å². The van der Waals surface area contributed by atoms with Gasteiger partial charge in [0.15, 0.2) is 5.84 Å². The van der Waals surface area contributed by atoms with E-state index in [0.29, 0.717) is 5.56 Å². The molecule has 0 aliphatic rings. The molecule has 0 unspecified atom stereocenters. The minimum absolute atomic E-state index is 0.145. The fraction of sp³-hybridized carbons (Fsp3) is 0. The number of amides is 1. The lowest BCUT2D eigenvalue weighted by Crippen LogP contribution is -2.20. The molecule has 0 radical (unpaired) electrons. The second-order valence-corrected chi connectivity index (χ2v) is 4.39. The van der Waals surface area contributed by atoms with Crippen LogP contribution in [-0.2, 0) is 0 Å². The lowest BCUT2D eigenvalue weighted by molar-refractivity contribution is 0.102. The van der Waals surface area contributed by atoms with E-state index >= 15 is 0 Å². The Morgan fingerprint density at radius 1 is 1.42 bits per heavy atom. The van der Waals surface area contributed by atoms with Gasteiger partial charge in [0.05, 0.1) is 16.8 Å². The third kappa shape index (κ3) is 2.71. The van der Waals surface area contributed by atoms with E-state index < -0.39 is 11.7 Å². The van der Waals surface area contributed by atoms with Gasteiger partial charge in [-0.1, -0.05) is 11.2 Å². The summed E-state index contributed by atoms with van der Waals surface area (Å²) in [6, 6.07) is 5.70. The largest absolute Gasteiger partial charge is 0.409 e. The predicted octanol–water partition coefficient (Wildman–Crippen LogP) is 2.23. The number of hydrogen-bond acceptors (Lipinski definition) is 4. The van der Waals surface area contributed by atoms with Gasteiger partial charge < -0.3 is 16.3 Å². The number of halogens is 1. The molecule has 2 rings (SSSR count). The summed E-state index contributed by atoms with van der Waals surface area (Å²) in [6.07, 6.45) is 0. The first kappa shape index (κ1) is 13.0. The molecule has 4 N–H and O–H groups in total. The third-order valence-corrected chi connectivity index (χ3v) is 3.09. The van der Waals surface area contributed by atoms with Crippen molar-refractivity contribution in [2.75, 3.05) is 5.32 Å². The van der Waals surface area contributed by atoms with Gasteiger partial charge in [-0.2, -0.15) is 11.3 Å². The fourth-order valence-corrected chi connectivity index (χ4v) is 2.16. The third-order valence-electron chi connectivity index (χ3n) is 2.41. The van der Waals surface area contributed by atoms with Gasteiger partial charge >= 0.3 is 0 Å². The summed E-state index contributed by atoms with van der Waals surface area (Å²) < 4.78 is 13.7. The van der Waals surface area contributed by atoms with Crippen LogP contribution in [0.4, 0.5) is 10.1 Å². The molecule has 0 saturated carbocycles. The maximum absolute atomic E-state index is 13.7. The number of benzene rings is 1. The van der Waals surface area contributed by atoms with Gasteiger partial charge in [0.25, 0.3) is 5.91 Å². The standard InChI is InChI=1S/C12H10FN3O2S/c13-8-2-1-3-9(10(8)11(14)16-18)15-12(17)7-4-5-19-6-7/h1-6,18H,(H2,14,16)(H,15,17). The molecule has 0 saturated heterocycles. The number of nitrogens with zero attached hydrogens (tertiary/aromatic N) is 1. The zero-order chi connectivity index (χ0) is 13.8. The predicted molar refractivity (Wildman–Crippen MR) is 71.2 cm³/mol. The van der Waals surface area contributed by atoms with Crippen LogP contribution in [0.2, 0.25) is 0 Å². The van der Waals surface area contributed by atoms with Crippen LogP contribution in [0.1, 0.15) is 15.9 Å². The van der Waals surface area contributed by atoms with Gasteiger partial charge in [-0.3, -0.25) is 4.79 Å². The van der Waals surface area contributed by atoms with E-state index in [1.807, 2.05) is 0 Å². The molecule has 2 aromatic rings. The lowest BCUT2D eigenvalue weighted by Gasteiger charge is -2.10. The summed E-state index contributed by atoms with van der Waals surface area (Å²) in [5.74, 6) is -1.48. The Morgan fingerprint density at radius 2 is 2.21 bits per heavy atom. The first-order valence-electron chi connectivity index (χ1n) is 5.23. The molecule has 1 heterocycles. The Morgan fingerprint density at radius 3 is 2.84 bits per heavy atom. The first-order valence-corrected chi connectivity index (χ1v) is 6.17. The van der Waals surface area contributed by atoms with E-state index in [1.54, 1.807) is 16.8 Å². The Balaban J connectivity index is 2.36. The molecule has 0 atom stereocenters. The molecule has 0 bridgehead atoms. The average Bonchev–Trinajstić information content (AvgIpc) is 2.92. The number of carbonyl (C=O) groups is 1. The van der Waals surface area contributed by atoms with Crippen molar-refractivity contribution in [3.63, 3.8) is 0 Å². The molecule has 7 heteroatoms. The topological polar surface area (TPSA) is 87.7 Å². The van der Waals surface area contributed by atoms with Crippen molar-refractivity contribution in [2.45, 2.75) is 0 Å². The summed E-state index contributed by atoms with van der Waals surface area (Å²) in [6.45, 7) is 0. The highest BCUT2D eigenvalue weighted by Crippen LogP contribution is 2.20. The first-order chi connectivity index (χ1) is 9.13. The summed E-state index contributed by atoms with van der Waals surface area (Å²) in [7, 11) is 0. The van der Waals surface area contributed by atoms with Crippen LogP contribution in [0.3, 0.4) is 0 Å². The number of thiophene rings is 1. The number of nitrogens with one attached hydrogen (secondary N) is 1. The minimum atomic E-state index is -0.682. The number of nitrogens with two attached hydrogens (primary N) is 1. The molecular weight excluding hydrogens is 269 g/mol. The van der Waals surface area contributed by atoms with Crippen LogP contribution < -0.4 is 11.1 Å². The maximum atomic E-state index is 13.7. The molecule has 1 amide bonds. The van der Waals surface area contributed by atoms with Gasteiger partial charge in [-0.05, 0) is 23.6 Å². The van der Waals surface area contributed by atoms with Crippen LogP contribution in [0.25, 0.3) is 0 Å². The zero-order valence-corrected chi connectivity index (χ0v) is 10.4. The van der Waals surface area contributed by atoms with E-state index in [1.165, 1.54) is 23.5 Å². The highest BCUT2D eigenvalue weighted by atomic mass is 32.1. The van der Waals surface area contributed by atoms with Crippen molar-refractivity contribution in [1.29, 1.82) is 0 Å². The summed E-state index contributed by atoms with van der Waals surface area (Å²) >= 11 is 1.37. The Labute approximate surface area is 112 Å². The normalized spacial score (nSPS) is 11.3. The number of carbonyl (C=O) groups excluding carboxylic acids is 1. The van der Waals surface area contributed by atoms with Crippen LogP contribution in [0.5, 0.6) is 0 Å². The van der Waals surface area contributed by atoms with Crippen molar-refractivity contribution in [3.05, 3.63) is 52.0 Å². The van der Waals surface area contributed by atoms with E-state index in [-0.39, 0.29) is 17.2 Å². The summed E-state index contributed by atoms with van der Waals surface area (Å²) in [4.78, 5) is 11.9. The summed E-state index contributed by atoms with van der Waals surface area (Å²) in [5.41, 5.74) is 5.86. The molecule has 0 spiro atoms. The Bertz CT molecular complexity index is 626. The number of hydrogen-bond donors (Lipinski definition) is 3. The highest BCUT2D eigenvalue weighted by Gasteiger charge is 2.15. The van der Waals surface area contributed by atoms with E-state index in [2.05, 4.69) is 10.5 Å². The van der Waals surface area contributed by atoms with Gasteiger partial charge in [-0.15, -0.1) is 0 Å². The Kier molecular flexibility index (Phi) is 3.76.